The Balaban J connectivity index is 2.84. The third-order valence-electron chi connectivity index (χ3n) is 1.78. The molecule has 0 aromatic heterocycles. The standard InChI is InChI=1S/C9H12OSSi/c1-2-7-3-5-8(6-4-7)9(10)11-12/h3-6H,2H2,1,12H3. The second-order valence-electron chi connectivity index (χ2n) is 2.54. The monoisotopic (exact) mass is 196 g/mol. The smallest absolute Gasteiger partial charge is 0.212 e. The van der Waals surface area contributed by atoms with Crippen molar-refractivity contribution >= 4 is 25.7 Å². The first kappa shape index (κ1) is 9.54. The van der Waals surface area contributed by atoms with Gasteiger partial charge in [-0.2, -0.15) is 0 Å². The lowest BCUT2D eigenvalue weighted by molar-refractivity contribution is 0.109. The molecule has 64 valence electrons. The summed E-state index contributed by atoms with van der Waals surface area (Å²) in [4.78, 5) is 11.2. The zero-order valence-corrected chi connectivity index (χ0v) is 10.1. The van der Waals surface area contributed by atoms with Crippen LogP contribution in [0.2, 0.25) is 0 Å². The maximum Gasteiger partial charge on any atom is 0.212 e. The Hall–Kier alpha value is -0.543. The highest BCUT2D eigenvalue weighted by molar-refractivity contribution is 8.31. The van der Waals surface area contributed by atoms with Crippen molar-refractivity contribution < 1.29 is 4.79 Å². The minimum absolute atomic E-state index is 0.198. The highest BCUT2D eigenvalue weighted by atomic mass is 32.4. The Kier molecular flexibility index (Phi) is 3.56. The van der Waals surface area contributed by atoms with Crippen molar-refractivity contribution in [1.29, 1.82) is 0 Å². The topological polar surface area (TPSA) is 17.1 Å². The molecule has 1 nitrogen and oxygen atoms in total. The normalized spacial score (nSPS) is 10.1. The molecule has 0 radical (unpaired) electrons. The van der Waals surface area contributed by atoms with Gasteiger partial charge in [-0.05, 0) is 12.0 Å². The fraction of sp³-hybridized carbons (Fsp3) is 0.222. The van der Waals surface area contributed by atoms with Crippen molar-refractivity contribution in [2.45, 2.75) is 13.3 Å². The Morgan fingerprint density at radius 3 is 2.42 bits per heavy atom. The maximum absolute atomic E-state index is 11.2. The van der Waals surface area contributed by atoms with Crippen LogP contribution < -0.4 is 0 Å². The van der Waals surface area contributed by atoms with Crippen molar-refractivity contribution in [3.05, 3.63) is 35.4 Å². The summed E-state index contributed by atoms with van der Waals surface area (Å²) in [7, 11) is 0.874. The number of hydrogen-bond acceptors (Lipinski definition) is 2. The van der Waals surface area contributed by atoms with Crippen LogP contribution in [0.4, 0.5) is 0 Å². The van der Waals surface area contributed by atoms with Crippen molar-refractivity contribution in [3.8, 4) is 0 Å². The minimum atomic E-state index is 0.198. The van der Waals surface area contributed by atoms with Gasteiger partial charge in [-0.25, -0.2) is 0 Å². The first-order valence-electron chi connectivity index (χ1n) is 3.95. The van der Waals surface area contributed by atoms with Crippen LogP contribution in [0, 0.1) is 0 Å². The summed E-state index contributed by atoms with van der Waals surface area (Å²) < 4.78 is 0. The van der Waals surface area contributed by atoms with Crippen LogP contribution in [-0.4, -0.2) is 14.5 Å². The van der Waals surface area contributed by atoms with E-state index in [-0.39, 0.29) is 5.12 Å². The molecule has 0 saturated carbocycles. The molecule has 0 spiro atoms. The molecule has 0 amide bonds. The summed E-state index contributed by atoms with van der Waals surface area (Å²) in [6, 6.07) is 7.86. The van der Waals surface area contributed by atoms with Gasteiger partial charge in [0.15, 0.2) is 0 Å². The van der Waals surface area contributed by atoms with Crippen LogP contribution in [-0.2, 0) is 6.42 Å². The second-order valence-corrected chi connectivity index (χ2v) is 4.55. The molecule has 1 aromatic rings. The van der Waals surface area contributed by atoms with Gasteiger partial charge in [0.05, 0.1) is 9.39 Å². The van der Waals surface area contributed by atoms with Crippen LogP contribution in [0.25, 0.3) is 0 Å². The highest BCUT2D eigenvalue weighted by Gasteiger charge is 2.01. The van der Waals surface area contributed by atoms with Gasteiger partial charge in [0.2, 0.25) is 5.12 Å². The van der Waals surface area contributed by atoms with Crippen LogP contribution in [0.1, 0.15) is 22.8 Å². The van der Waals surface area contributed by atoms with Crippen LogP contribution in [0.5, 0.6) is 0 Å². The van der Waals surface area contributed by atoms with E-state index in [4.69, 9.17) is 0 Å². The molecule has 0 fully saturated rings. The van der Waals surface area contributed by atoms with Gasteiger partial charge in [0.1, 0.15) is 0 Å². The maximum atomic E-state index is 11.2. The number of carbonyl (C=O) groups is 1. The lowest BCUT2D eigenvalue weighted by atomic mass is 10.1. The molecule has 3 heteroatoms. The predicted octanol–water partition coefficient (Wildman–Crippen LogP) is 1.40. The zero-order chi connectivity index (χ0) is 8.97. The van der Waals surface area contributed by atoms with E-state index in [2.05, 4.69) is 6.92 Å². The first-order chi connectivity index (χ1) is 5.77. The van der Waals surface area contributed by atoms with E-state index >= 15 is 0 Å². The number of aryl methyl sites for hydroxylation is 1. The predicted molar refractivity (Wildman–Crippen MR) is 57.7 cm³/mol. The second kappa shape index (κ2) is 4.47. The van der Waals surface area contributed by atoms with Crippen LogP contribution >= 0.6 is 11.2 Å². The molecule has 0 aliphatic rings. The summed E-state index contributed by atoms with van der Waals surface area (Å²) in [6.45, 7) is 2.11. The van der Waals surface area contributed by atoms with Gasteiger partial charge in [-0.1, -0.05) is 31.2 Å². The van der Waals surface area contributed by atoms with E-state index in [9.17, 15) is 4.79 Å². The molecule has 0 unspecified atom stereocenters. The van der Waals surface area contributed by atoms with E-state index in [1.54, 1.807) is 0 Å². The average Bonchev–Trinajstić information content (AvgIpc) is 2.17. The molecule has 1 rings (SSSR count). The van der Waals surface area contributed by atoms with Gasteiger partial charge >= 0.3 is 0 Å². The van der Waals surface area contributed by atoms with Gasteiger partial charge in [-0.3, -0.25) is 4.79 Å². The molecule has 0 aliphatic carbocycles. The van der Waals surface area contributed by atoms with Crippen molar-refractivity contribution in [1.82, 2.24) is 0 Å². The summed E-state index contributed by atoms with van der Waals surface area (Å²) in [6.07, 6.45) is 1.03. The Bertz CT molecular complexity index is 268. The third-order valence-corrected chi connectivity index (χ3v) is 3.50. The Morgan fingerprint density at radius 1 is 1.42 bits per heavy atom. The zero-order valence-electron chi connectivity index (χ0n) is 7.33. The lowest BCUT2D eigenvalue weighted by Gasteiger charge is -1.98. The molecule has 0 N–H and O–H groups in total. The lowest BCUT2D eigenvalue weighted by Crippen LogP contribution is -1.92. The summed E-state index contributed by atoms with van der Waals surface area (Å²) in [5, 5.41) is 0.198. The van der Waals surface area contributed by atoms with Gasteiger partial charge in [0, 0.05) is 5.56 Å². The van der Waals surface area contributed by atoms with Gasteiger partial charge in [-0.15, -0.1) is 11.2 Å². The number of hydrogen-bond donors (Lipinski definition) is 0. The largest absolute Gasteiger partial charge is 0.282 e. The Morgan fingerprint density at radius 2 is 2.00 bits per heavy atom. The molecule has 1 aromatic carbocycles. The van der Waals surface area contributed by atoms with Crippen molar-refractivity contribution in [3.63, 3.8) is 0 Å². The van der Waals surface area contributed by atoms with Crippen molar-refractivity contribution in [2.24, 2.45) is 0 Å². The molecular formula is C9H12OSSi. The fourth-order valence-corrected chi connectivity index (χ4v) is 2.07. The molecular weight excluding hydrogens is 184 g/mol. The summed E-state index contributed by atoms with van der Waals surface area (Å²) in [5.41, 5.74) is 2.11. The molecule has 0 atom stereocenters. The molecule has 0 aliphatic heterocycles. The SMILES string of the molecule is CCc1ccc(C(=O)S[SiH3])cc1. The summed E-state index contributed by atoms with van der Waals surface area (Å²) >= 11 is 1.39. The van der Waals surface area contributed by atoms with E-state index in [1.807, 2.05) is 24.3 Å². The quantitative estimate of drug-likeness (QED) is 0.665. The van der Waals surface area contributed by atoms with Crippen LogP contribution in [0.15, 0.2) is 24.3 Å². The van der Waals surface area contributed by atoms with Gasteiger partial charge in [0.25, 0.3) is 0 Å². The number of carbonyl (C=O) groups excluding carboxylic acids is 1. The van der Waals surface area contributed by atoms with E-state index < -0.39 is 0 Å². The number of rotatable bonds is 2. The Labute approximate surface area is 79.6 Å². The van der Waals surface area contributed by atoms with E-state index in [1.165, 1.54) is 16.8 Å². The van der Waals surface area contributed by atoms with Gasteiger partial charge < -0.3 is 0 Å². The minimum Gasteiger partial charge on any atom is -0.282 e. The first-order valence-corrected chi connectivity index (χ1v) is 7.62. The third kappa shape index (κ3) is 2.22. The molecule has 0 bridgehead atoms. The molecule has 12 heavy (non-hydrogen) atoms. The van der Waals surface area contributed by atoms with Crippen molar-refractivity contribution in [2.75, 3.05) is 0 Å². The number of benzene rings is 1. The fourth-order valence-electron chi connectivity index (χ4n) is 0.994. The summed E-state index contributed by atoms with van der Waals surface area (Å²) in [5.74, 6) is 0. The molecule has 0 saturated heterocycles. The molecule has 0 heterocycles. The average molecular weight is 196 g/mol. The van der Waals surface area contributed by atoms with E-state index in [0.29, 0.717) is 0 Å². The van der Waals surface area contributed by atoms with Crippen LogP contribution in [0.3, 0.4) is 0 Å². The van der Waals surface area contributed by atoms with E-state index in [0.717, 1.165) is 21.4 Å². The highest BCUT2D eigenvalue weighted by Crippen LogP contribution is 2.10.